The molecule has 2 atom stereocenters. The fraction of sp³-hybridized carbons (Fsp3) is 0.500. The van der Waals surface area contributed by atoms with Crippen molar-refractivity contribution in [3.8, 4) is 12.1 Å². The summed E-state index contributed by atoms with van der Waals surface area (Å²) in [6, 6.07) is 2.28. The van der Waals surface area contributed by atoms with Crippen LogP contribution in [0.2, 0.25) is 0 Å². The lowest BCUT2D eigenvalue weighted by atomic mass is 9.85. The number of hydrogen-bond donors (Lipinski definition) is 1. The van der Waals surface area contributed by atoms with Crippen LogP contribution in [0.15, 0.2) is 0 Å². The molecule has 0 amide bonds. The molecule has 1 aliphatic heterocycles. The average molecular weight is 323 g/mol. The van der Waals surface area contributed by atoms with Crippen LogP contribution in [0.4, 0.5) is 18.9 Å². The number of nitrogens with zero attached hydrogens (tertiary/aromatic N) is 3. The van der Waals surface area contributed by atoms with E-state index in [4.69, 9.17) is 10.5 Å². The van der Waals surface area contributed by atoms with Gasteiger partial charge in [-0.3, -0.25) is 0 Å². The van der Waals surface area contributed by atoms with Crippen LogP contribution in [0.25, 0.3) is 0 Å². The van der Waals surface area contributed by atoms with Crippen LogP contribution in [0, 0.1) is 46.0 Å². The first-order valence-electron chi connectivity index (χ1n) is 7.14. The van der Waals surface area contributed by atoms with Gasteiger partial charge in [-0.1, -0.05) is 0 Å². The monoisotopic (exact) mass is 323 g/mol. The maximum absolute atomic E-state index is 14.5. The van der Waals surface area contributed by atoms with Gasteiger partial charge < -0.3 is 10.0 Å². The fourth-order valence-corrected chi connectivity index (χ4v) is 3.31. The molecule has 1 fully saturated rings. The Kier molecular flexibility index (Phi) is 4.28. The molecule has 0 radical (unpaired) electrons. The van der Waals surface area contributed by atoms with Crippen molar-refractivity contribution in [1.82, 2.24) is 0 Å². The van der Waals surface area contributed by atoms with Gasteiger partial charge in [-0.15, -0.1) is 0 Å². The van der Waals surface area contributed by atoms with Crippen molar-refractivity contribution < 1.29 is 18.3 Å². The molecule has 122 valence electrons. The van der Waals surface area contributed by atoms with Crippen LogP contribution < -0.4 is 4.90 Å². The second-order valence-corrected chi connectivity index (χ2v) is 6.25. The zero-order valence-electron chi connectivity index (χ0n) is 13.0. The molecular weight excluding hydrogens is 307 g/mol. The van der Waals surface area contributed by atoms with Crippen molar-refractivity contribution in [2.45, 2.75) is 38.8 Å². The summed E-state index contributed by atoms with van der Waals surface area (Å²) in [7, 11) is 0. The zero-order chi connectivity index (χ0) is 17.5. The van der Waals surface area contributed by atoms with E-state index >= 15 is 0 Å². The standard InChI is InChI=1S/C16H16F3N3O/c1-8-11(16(2,3)23)4-5-22(8)15-13(18)10(7-21)9(6-20)12(17)14(15)19/h8,11,23H,4-5H2,1-3H3/t8-,11-/m0/s1. The van der Waals surface area contributed by atoms with Crippen LogP contribution in [0.1, 0.15) is 38.3 Å². The SMILES string of the molecule is C[C@H]1[C@@H](C(C)(C)O)CCN1c1c(F)c(F)c(C#N)c(C#N)c1F. The van der Waals surface area contributed by atoms with Gasteiger partial charge in [-0.05, 0) is 27.2 Å². The molecule has 23 heavy (non-hydrogen) atoms. The molecule has 0 saturated carbocycles. The van der Waals surface area contributed by atoms with Crippen molar-refractivity contribution in [1.29, 1.82) is 10.5 Å². The van der Waals surface area contributed by atoms with Gasteiger partial charge >= 0.3 is 0 Å². The van der Waals surface area contributed by atoms with Crippen LogP contribution >= 0.6 is 0 Å². The number of hydrogen-bond acceptors (Lipinski definition) is 4. The van der Waals surface area contributed by atoms with Crippen LogP contribution in [0.3, 0.4) is 0 Å². The molecule has 1 aromatic carbocycles. The van der Waals surface area contributed by atoms with Gasteiger partial charge in [0.25, 0.3) is 0 Å². The average Bonchev–Trinajstić information content (AvgIpc) is 2.84. The summed E-state index contributed by atoms with van der Waals surface area (Å²) >= 11 is 0. The van der Waals surface area contributed by atoms with Crippen LogP contribution in [-0.4, -0.2) is 23.3 Å². The van der Waals surface area contributed by atoms with E-state index in [1.807, 2.05) is 0 Å². The molecule has 1 heterocycles. The number of nitriles is 2. The molecule has 2 rings (SSSR count). The number of anilines is 1. The third-order valence-electron chi connectivity index (χ3n) is 4.47. The maximum atomic E-state index is 14.5. The van der Waals surface area contributed by atoms with Gasteiger partial charge in [0, 0.05) is 18.5 Å². The van der Waals surface area contributed by atoms with E-state index in [0.717, 1.165) is 0 Å². The predicted molar refractivity (Wildman–Crippen MR) is 77.0 cm³/mol. The molecule has 4 nitrogen and oxygen atoms in total. The molecule has 1 aliphatic rings. The molecule has 1 N–H and O–H groups in total. The van der Waals surface area contributed by atoms with Crippen molar-refractivity contribution in [2.24, 2.45) is 5.92 Å². The summed E-state index contributed by atoms with van der Waals surface area (Å²) < 4.78 is 42.8. The van der Waals surface area contributed by atoms with E-state index in [2.05, 4.69) is 0 Å². The molecule has 7 heteroatoms. The van der Waals surface area contributed by atoms with Crippen molar-refractivity contribution in [3.05, 3.63) is 28.6 Å². The fourth-order valence-electron chi connectivity index (χ4n) is 3.31. The highest BCUT2D eigenvalue weighted by Crippen LogP contribution is 2.40. The highest BCUT2D eigenvalue weighted by atomic mass is 19.2. The second kappa shape index (κ2) is 5.75. The Balaban J connectivity index is 2.61. The van der Waals surface area contributed by atoms with Crippen molar-refractivity contribution in [3.63, 3.8) is 0 Å². The molecule has 0 aromatic heterocycles. The van der Waals surface area contributed by atoms with Crippen LogP contribution in [0.5, 0.6) is 0 Å². The highest BCUT2D eigenvalue weighted by molar-refractivity contribution is 5.62. The normalized spacial score (nSPS) is 21.2. The van der Waals surface area contributed by atoms with Crippen molar-refractivity contribution >= 4 is 5.69 Å². The summed E-state index contributed by atoms with van der Waals surface area (Å²) in [5, 5.41) is 27.9. The third-order valence-corrected chi connectivity index (χ3v) is 4.47. The van der Waals surface area contributed by atoms with E-state index in [0.29, 0.717) is 6.42 Å². The van der Waals surface area contributed by atoms with Gasteiger partial charge in [-0.2, -0.15) is 10.5 Å². The molecule has 0 spiro atoms. The molecule has 0 aliphatic carbocycles. The number of aliphatic hydroxyl groups is 1. The first-order valence-corrected chi connectivity index (χ1v) is 7.14. The first kappa shape index (κ1) is 17.1. The quantitative estimate of drug-likeness (QED) is 0.850. The summed E-state index contributed by atoms with van der Waals surface area (Å²) in [6.45, 7) is 5.09. The molecule has 0 bridgehead atoms. The Morgan fingerprint density at radius 1 is 1.09 bits per heavy atom. The maximum Gasteiger partial charge on any atom is 0.186 e. The predicted octanol–water partition coefficient (Wildman–Crippen LogP) is 2.83. The smallest absolute Gasteiger partial charge is 0.186 e. The van der Waals surface area contributed by atoms with E-state index < -0.39 is 45.9 Å². The lowest BCUT2D eigenvalue weighted by Gasteiger charge is -2.33. The van der Waals surface area contributed by atoms with E-state index in [9.17, 15) is 18.3 Å². The third kappa shape index (κ3) is 2.62. The van der Waals surface area contributed by atoms with Crippen molar-refractivity contribution in [2.75, 3.05) is 11.4 Å². The molecule has 1 saturated heterocycles. The number of rotatable bonds is 2. The molecule has 1 aromatic rings. The minimum atomic E-state index is -1.53. The summed E-state index contributed by atoms with van der Waals surface area (Å²) in [6.07, 6.45) is 0.465. The van der Waals surface area contributed by atoms with Gasteiger partial charge in [0.05, 0.1) is 5.60 Å². The molecular formula is C16H16F3N3O. The zero-order valence-corrected chi connectivity index (χ0v) is 13.0. The second-order valence-electron chi connectivity index (χ2n) is 6.25. The van der Waals surface area contributed by atoms with Gasteiger partial charge in [0.15, 0.2) is 17.5 Å². The minimum Gasteiger partial charge on any atom is -0.390 e. The van der Waals surface area contributed by atoms with E-state index in [-0.39, 0.29) is 12.5 Å². The van der Waals surface area contributed by atoms with E-state index in [1.54, 1.807) is 20.8 Å². The van der Waals surface area contributed by atoms with Crippen LogP contribution in [-0.2, 0) is 0 Å². The molecule has 0 unspecified atom stereocenters. The van der Waals surface area contributed by atoms with Gasteiger partial charge in [0.2, 0.25) is 0 Å². The topological polar surface area (TPSA) is 71.0 Å². The number of benzene rings is 1. The minimum absolute atomic E-state index is 0.208. The Morgan fingerprint density at radius 3 is 2.04 bits per heavy atom. The van der Waals surface area contributed by atoms with Gasteiger partial charge in [0.1, 0.15) is 29.0 Å². The van der Waals surface area contributed by atoms with Gasteiger partial charge in [-0.25, -0.2) is 13.2 Å². The Morgan fingerprint density at radius 2 is 1.61 bits per heavy atom. The summed E-state index contributed by atoms with van der Waals surface area (Å²) in [5.41, 5.74) is -3.46. The lowest BCUT2D eigenvalue weighted by Crippen LogP contribution is -2.40. The summed E-state index contributed by atoms with van der Waals surface area (Å²) in [4.78, 5) is 1.30. The lowest BCUT2D eigenvalue weighted by molar-refractivity contribution is 0.0156. The Hall–Kier alpha value is -2.25. The van der Waals surface area contributed by atoms with E-state index in [1.165, 1.54) is 17.0 Å². The number of halogens is 3. The first-order chi connectivity index (χ1) is 10.6. The Bertz CT molecular complexity index is 728. The highest BCUT2D eigenvalue weighted by Gasteiger charge is 2.42. The summed E-state index contributed by atoms with van der Waals surface area (Å²) in [5.74, 6) is -4.53. The Labute approximate surface area is 132 Å². The largest absolute Gasteiger partial charge is 0.390 e.